The molecule has 0 atom stereocenters. The first kappa shape index (κ1) is 11.5. The van der Waals surface area contributed by atoms with Gasteiger partial charge in [-0.25, -0.2) is 9.78 Å². The predicted octanol–water partition coefficient (Wildman–Crippen LogP) is 0.839. The molecule has 0 bridgehead atoms. The number of rotatable bonds is 2. The average molecular weight is 256 g/mol. The van der Waals surface area contributed by atoms with Crippen molar-refractivity contribution in [3.63, 3.8) is 0 Å². The van der Waals surface area contributed by atoms with Gasteiger partial charge >= 0.3 is 5.69 Å². The summed E-state index contributed by atoms with van der Waals surface area (Å²) in [6.07, 6.45) is 0.581. The number of imidazole rings is 1. The molecule has 0 amide bonds. The van der Waals surface area contributed by atoms with E-state index in [0.29, 0.717) is 17.8 Å². The smallest absolute Gasteiger partial charge is 0.327 e. The summed E-state index contributed by atoms with van der Waals surface area (Å²) >= 11 is 0. The molecule has 0 unspecified atom stereocenters. The zero-order valence-electron chi connectivity index (χ0n) is 10.3. The highest BCUT2D eigenvalue weighted by Gasteiger charge is 2.08. The van der Waals surface area contributed by atoms with E-state index in [9.17, 15) is 9.59 Å². The summed E-state index contributed by atoms with van der Waals surface area (Å²) < 4.78 is 0. The highest BCUT2D eigenvalue weighted by atomic mass is 16.2. The third kappa shape index (κ3) is 2.20. The van der Waals surface area contributed by atoms with Gasteiger partial charge < -0.3 is 4.98 Å². The molecule has 2 aromatic heterocycles. The van der Waals surface area contributed by atoms with E-state index in [2.05, 4.69) is 26.0 Å². The van der Waals surface area contributed by atoms with Gasteiger partial charge in [-0.15, -0.1) is 0 Å². The van der Waals surface area contributed by atoms with Crippen LogP contribution in [0.2, 0.25) is 0 Å². The van der Waals surface area contributed by atoms with Crippen LogP contribution in [-0.4, -0.2) is 19.9 Å². The second-order valence-corrected chi connectivity index (χ2v) is 4.48. The number of hydrogen-bond acceptors (Lipinski definition) is 3. The normalized spacial score (nSPS) is 11.0. The van der Waals surface area contributed by atoms with E-state index in [4.69, 9.17) is 0 Å². The molecule has 0 aliphatic rings. The van der Waals surface area contributed by atoms with E-state index in [1.165, 1.54) is 5.56 Å². The Hall–Kier alpha value is -2.63. The van der Waals surface area contributed by atoms with Gasteiger partial charge in [-0.2, -0.15) is 0 Å². The quantitative estimate of drug-likeness (QED) is 0.634. The number of benzene rings is 1. The Morgan fingerprint density at radius 2 is 2.00 bits per heavy atom. The van der Waals surface area contributed by atoms with Crippen molar-refractivity contribution in [1.82, 2.24) is 19.9 Å². The zero-order valence-corrected chi connectivity index (χ0v) is 10.3. The van der Waals surface area contributed by atoms with Crippen LogP contribution in [0.5, 0.6) is 0 Å². The van der Waals surface area contributed by atoms with Gasteiger partial charge in [0.2, 0.25) is 0 Å². The molecule has 0 fully saturated rings. The molecule has 1 aromatic carbocycles. The van der Waals surface area contributed by atoms with E-state index in [1.54, 1.807) is 0 Å². The minimum Gasteiger partial charge on any atom is -0.336 e. The van der Waals surface area contributed by atoms with Gasteiger partial charge in [0.1, 0.15) is 11.3 Å². The van der Waals surface area contributed by atoms with Crippen molar-refractivity contribution in [3.05, 3.63) is 62.1 Å². The summed E-state index contributed by atoms with van der Waals surface area (Å²) in [5.41, 5.74) is 1.84. The number of nitrogens with one attached hydrogen (secondary N) is 3. The van der Waals surface area contributed by atoms with Crippen molar-refractivity contribution in [1.29, 1.82) is 0 Å². The predicted molar refractivity (Wildman–Crippen MR) is 71.3 cm³/mol. The number of H-pyrrole nitrogens is 3. The lowest BCUT2D eigenvalue weighted by molar-refractivity contribution is 1.03. The van der Waals surface area contributed by atoms with Crippen LogP contribution in [0.3, 0.4) is 0 Å². The lowest BCUT2D eigenvalue weighted by Crippen LogP contribution is -2.21. The monoisotopic (exact) mass is 256 g/mol. The first-order chi connectivity index (χ1) is 9.11. The summed E-state index contributed by atoms with van der Waals surface area (Å²) in [5, 5.41) is 0. The second kappa shape index (κ2) is 4.24. The molecule has 0 radical (unpaired) electrons. The lowest BCUT2D eigenvalue weighted by atomic mass is 10.1. The fourth-order valence-electron chi connectivity index (χ4n) is 2.08. The lowest BCUT2D eigenvalue weighted by Gasteiger charge is -1.99. The Bertz CT molecular complexity index is 857. The number of aromatic nitrogens is 4. The molecule has 0 aliphatic heterocycles. The molecule has 2 heterocycles. The van der Waals surface area contributed by atoms with Crippen LogP contribution in [0, 0.1) is 6.92 Å². The molecular weight excluding hydrogens is 244 g/mol. The van der Waals surface area contributed by atoms with Crippen LogP contribution in [0.25, 0.3) is 11.2 Å². The number of aryl methyl sites for hydroxylation is 1. The van der Waals surface area contributed by atoms with Gasteiger partial charge in [0.05, 0.1) is 0 Å². The molecule has 96 valence electrons. The minimum atomic E-state index is -0.550. The number of nitrogens with zero attached hydrogens (tertiary/aromatic N) is 1. The molecule has 0 saturated heterocycles. The molecule has 0 aliphatic carbocycles. The zero-order chi connectivity index (χ0) is 13.4. The highest BCUT2D eigenvalue weighted by molar-refractivity contribution is 5.68. The van der Waals surface area contributed by atoms with Gasteiger partial charge in [0.25, 0.3) is 5.56 Å². The van der Waals surface area contributed by atoms with Crippen molar-refractivity contribution in [2.75, 3.05) is 0 Å². The van der Waals surface area contributed by atoms with Crippen LogP contribution in [0.15, 0.2) is 33.9 Å². The Labute approximate surface area is 107 Å². The maximum absolute atomic E-state index is 11.6. The first-order valence-electron chi connectivity index (χ1n) is 5.88. The van der Waals surface area contributed by atoms with Crippen molar-refractivity contribution in [2.45, 2.75) is 13.3 Å². The Morgan fingerprint density at radius 3 is 2.79 bits per heavy atom. The summed E-state index contributed by atoms with van der Waals surface area (Å²) in [5.74, 6) is 0.646. The van der Waals surface area contributed by atoms with Crippen LogP contribution in [0.4, 0.5) is 0 Å². The van der Waals surface area contributed by atoms with E-state index in [1.807, 2.05) is 25.1 Å². The summed E-state index contributed by atoms with van der Waals surface area (Å²) in [6, 6.07) is 8.04. The number of fused-ring (bicyclic) bond motifs is 1. The van der Waals surface area contributed by atoms with Crippen LogP contribution >= 0.6 is 0 Å². The van der Waals surface area contributed by atoms with Gasteiger partial charge in [-0.05, 0) is 12.5 Å². The van der Waals surface area contributed by atoms with Gasteiger partial charge in [0, 0.05) is 6.42 Å². The Kier molecular flexibility index (Phi) is 2.56. The molecular formula is C13H12N4O2. The molecule has 3 rings (SSSR count). The maximum Gasteiger partial charge on any atom is 0.327 e. The standard InChI is InChI=1S/C13H12N4O2/c1-7-3-2-4-8(5-7)6-9-14-10-11(15-9)16-13(19)17-12(10)18/h2-5H,6H2,1H3,(H3,14,15,16,17,18,19). The average Bonchev–Trinajstić information content (AvgIpc) is 2.71. The minimum absolute atomic E-state index is 0.288. The molecule has 6 nitrogen and oxygen atoms in total. The van der Waals surface area contributed by atoms with E-state index < -0.39 is 11.2 Å². The van der Waals surface area contributed by atoms with E-state index in [0.717, 1.165) is 5.56 Å². The fourth-order valence-corrected chi connectivity index (χ4v) is 2.08. The van der Waals surface area contributed by atoms with Crippen molar-refractivity contribution < 1.29 is 0 Å². The molecule has 6 heteroatoms. The summed E-state index contributed by atoms with van der Waals surface area (Å²) in [6.45, 7) is 2.02. The fraction of sp³-hybridized carbons (Fsp3) is 0.154. The van der Waals surface area contributed by atoms with Crippen molar-refractivity contribution in [2.24, 2.45) is 0 Å². The molecule has 0 saturated carbocycles. The molecule has 3 aromatic rings. The molecule has 0 spiro atoms. The third-order valence-corrected chi connectivity index (χ3v) is 2.89. The van der Waals surface area contributed by atoms with E-state index >= 15 is 0 Å². The van der Waals surface area contributed by atoms with Crippen LogP contribution in [-0.2, 0) is 6.42 Å². The maximum atomic E-state index is 11.6. The second-order valence-electron chi connectivity index (χ2n) is 4.48. The third-order valence-electron chi connectivity index (χ3n) is 2.89. The number of hydrogen-bond donors (Lipinski definition) is 3. The van der Waals surface area contributed by atoms with Crippen molar-refractivity contribution >= 4 is 11.2 Å². The van der Waals surface area contributed by atoms with Crippen LogP contribution < -0.4 is 11.2 Å². The first-order valence-corrected chi connectivity index (χ1v) is 5.88. The van der Waals surface area contributed by atoms with Gasteiger partial charge in [-0.3, -0.25) is 14.8 Å². The largest absolute Gasteiger partial charge is 0.336 e. The highest BCUT2D eigenvalue weighted by Crippen LogP contribution is 2.10. The Balaban J connectivity index is 2.05. The SMILES string of the molecule is Cc1cccc(Cc2nc3[nH]c(=O)[nH]c(=O)c3[nH]2)c1. The van der Waals surface area contributed by atoms with Gasteiger partial charge in [-0.1, -0.05) is 29.8 Å². The topological polar surface area (TPSA) is 94.4 Å². The van der Waals surface area contributed by atoms with Crippen molar-refractivity contribution in [3.8, 4) is 0 Å². The van der Waals surface area contributed by atoms with E-state index in [-0.39, 0.29) is 5.65 Å². The van der Waals surface area contributed by atoms with Crippen LogP contribution in [0.1, 0.15) is 17.0 Å². The number of aromatic amines is 3. The molecule has 19 heavy (non-hydrogen) atoms. The Morgan fingerprint density at radius 1 is 1.16 bits per heavy atom. The summed E-state index contributed by atoms with van der Waals surface area (Å²) in [4.78, 5) is 34.5. The summed E-state index contributed by atoms with van der Waals surface area (Å²) in [7, 11) is 0. The molecule has 3 N–H and O–H groups in total. The van der Waals surface area contributed by atoms with Gasteiger partial charge in [0.15, 0.2) is 5.65 Å².